The zero-order valence-electron chi connectivity index (χ0n) is 15.3. The van der Waals surface area contributed by atoms with Gasteiger partial charge >= 0.3 is 0 Å². The van der Waals surface area contributed by atoms with E-state index in [2.05, 4.69) is 39.5 Å². The van der Waals surface area contributed by atoms with Crippen molar-refractivity contribution in [2.75, 3.05) is 20.6 Å². The fourth-order valence-corrected chi connectivity index (χ4v) is 2.84. The molecule has 2 N–H and O–H groups in total. The molecule has 0 aliphatic carbocycles. The number of amides is 1. The lowest BCUT2D eigenvalue weighted by Gasteiger charge is -2.26. The standard InChI is InChI=1S/C19H28N4O/c1-13-8-6-7-9-16(13)18(23(4)5)12-20-19(24)11-10-17-14(2)15(3)21-22-17/h6-9,18H,10-12H2,1-5H3,(H,20,24)(H,21,22). The number of rotatable bonds is 7. The van der Waals surface area contributed by atoms with E-state index >= 15 is 0 Å². The number of hydrogen-bond acceptors (Lipinski definition) is 3. The van der Waals surface area contributed by atoms with Gasteiger partial charge in [0.05, 0.1) is 11.7 Å². The van der Waals surface area contributed by atoms with Crippen molar-refractivity contribution in [3.63, 3.8) is 0 Å². The first-order chi connectivity index (χ1) is 11.4. The molecule has 0 saturated carbocycles. The molecule has 0 aliphatic rings. The van der Waals surface area contributed by atoms with Gasteiger partial charge in [-0.15, -0.1) is 0 Å². The zero-order chi connectivity index (χ0) is 17.7. The molecule has 0 radical (unpaired) electrons. The quantitative estimate of drug-likeness (QED) is 0.821. The van der Waals surface area contributed by atoms with Gasteiger partial charge in [0, 0.05) is 25.1 Å². The van der Waals surface area contributed by atoms with E-state index in [0.29, 0.717) is 19.4 Å². The molecule has 130 valence electrons. The highest BCUT2D eigenvalue weighted by Crippen LogP contribution is 2.21. The van der Waals surface area contributed by atoms with Crippen LogP contribution in [0.2, 0.25) is 0 Å². The number of nitrogens with zero attached hydrogens (tertiary/aromatic N) is 2. The van der Waals surface area contributed by atoms with Crippen molar-refractivity contribution in [1.82, 2.24) is 20.4 Å². The molecule has 1 aromatic heterocycles. The second kappa shape index (κ2) is 8.11. The second-order valence-electron chi connectivity index (χ2n) is 6.56. The summed E-state index contributed by atoms with van der Waals surface area (Å²) in [7, 11) is 4.08. The normalized spacial score (nSPS) is 12.4. The second-order valence-corrected chi connectivity index (χ2v) is 6.56. The summed E-state index contributed by atoms with van der Waals surface area (Å²) in [6.45, 7) is 6.74. The molecule has 2 rings (SSSR count). The van der Waals surface area contributed by atoms with Gasteiger partial charge in [-0.2, -0.15) is 5.10 Å². The monoisotopic (exact) mass is 328 g/mol. The van der Waals surface area contributed by atoms with E-state index in [1.807, 2.05) is 40.1 Å². The summed E-state index contributed by atoms with van der Waals surface area (Å²) in [5.41, 5.74) is 5.69. The molecule has 1 aromatic carbocycles. The van der Waals surface area contributed by atoms with Crippen LogP contribution in [-0.2, 0) is 11.2 Å². The summed E-state index contributed by atoms with van der Waals surface area (Å²) >= 11 is 0. The average Bonchev–Trinajstić information content (AvgIpc) is 2.86. The van der Waals surface area contributed by atoms with Crippen LogP contribution in [0.1, 0.15) is 40.5 Å². The molecular formula is C19H28N4O. The van der Waals surface area contributed by atoms with Crippen molar-refractivity contribution < 1.29 is 4.79 Å². The number of aryl methyl sites for hydroxylation is 3. The lowest BCUT2D eigenvalue weighted by molar-refractivity contribution is -0.121. The summed E-state index contributed by atoms with van der Waals surface area (Å²) < 4.78 is 0. The van der Waals surface area contributed by atoms with Gasteiger partial charge in [-0.3, -0.25) is 9.89 Å². The number of aromatic amines is 1. The Morgan fingerprint density at radius 3 is 2.54 bits per heavy atom. The van der Waals surface area contributed by atoms with E-state index in [-0.39, 0.29) is 11.9 Å². The molecule has 5 nitrogen and oxygen atoms in total. The maximum Gasteiger partial charge on any atom is 0.220 e. The van der Waals surface area contributed by atoms with Crippen molar-refractivity contribution in [3.8, 4) is 0 Å². The molecule has 1 amide bonds. The SMILES string of the molecule is Cc1ccccc1C(CNC(=O)CCc1n[nH]c(C)c1C)N(C)C. The third-order valence-electron chi connectivity index (χ3n) is 4.61. The number of carbonyl (C=O) groups is 1. The number of nitrogens with one attached hydrogen (secondary N) is 2. The number of likely N-dealkylation sites (N-methyl/N-ethyl adjacent to an activating group) is 1. The highest BCUT2D eigenvalue weighted by Gasteiger charge is 2.17. The Bertz CT molecular complexity index is 690. The van der Waals surface area contributed by atoms with Gasteiger partial charge in [0.1, 0.15) is 0 Å². The van der Waals surface area contributed by atoms with Crippen LogP contribution in [0.4, 0.5) is 0 Å². The highest BCUT2D eigenvalue weighted by molar-refractivity contribution is 5.76. The van der Waals surface area contributed by atoms with Gasteiger partial charge in [-0.05, 0) is 51.6 Å². The molecule has 2 aromatic rings. The number of carbonyl (C=O) groups excluding carboxylic acids is 1. The minimum absolute atomic E-state index is 0.0653. The average molecular weight is 328 g/mol. The molecule has 0 fully saturated rings. The summed E-state index contributed by atoms with van der Waals surface area (Å²) in [4.78, 5) is 14.4. The summed E-state index contributed by atoms with van der Waals surface area (Å²) in [6.07, 6.45) is 1.12. The van der Waals surface area contributed by atoms with Crippen molar-refractivity contribution in [2.45, 2.75) is 39.7 Å². The molecule has 24 heavy (non-hydrogen) atoms. The first-order valence-corrected chi connectivity index (χ1v) is 8.39. The van der Waals surface area contributed by atoms with Crippen molar-refractivity contribution in [2.24, 2.45) is 0 Å². The Kier molecular flexibility index (Phi) is 6.15. The molecule has 0 bridgehead atoms. The van der Waals surface area contributed by atoms with Gasteiger partial charge in [0.2, 0.25) is 5.91 Å². The fraction of sp³-hybridized carbons (Fsp3) is 0.474. The van der Waals surface area contributed by atoms with Crippen LogP contribution in [-0.4, -0.2) is 41.6 Å². The van der Waals surface area contributed by atoms with E-state index in [1.54, 1.807) is 0 Å². The minimum Gasteiger partial charge on any atom is -0.354 e. The van der Waals surface area contributed by atoms with Gasteiger partial charge in [0.15, 0.2) is 0 Å². The molecule has 1 unspecified atom stereocenters. The molecule has 0 spiro atoms. The molecule has 0 aliphatic heterocycles. The summed E-state index contributed by atoms with van der Waals surface area (Å²) in [5.74, 6) is 0.0653. The molecular weight excluding hydrogens is 300 g/mol. The maximum absolute atomic E-state index is 12.2. The van der Waals surface area contributed by atoms with Gasteiger partial charge in [-0.1, -0.05) is 24.3 Å². The van der Waals surface area contributed by atoms with Crippen LogP contribution in [0.25, 0.3) is 0 Å². The smallest absolute Gasteiger partial charge is 0.220 e. The van der Waals surface area contributed by atoms with Crippen LogP contribution < -0.4 is 5.32 Å². The Labute approximate surface area is 144 Å². The number of H-pyrrole nitrogens is 1. The zero-order valence-corrected chi connectivity index (χ0v) is 15.3. The Hall–Kier alpha value is -2.14. The number of hydrogen-bond donors (Lipinski definition) is 2. The molecule has 1 heterocycles. The third kappa shape index (κ3) is 4.45. The summed E-state index contributed by atoms with van der Waals surface area (Å²) in [5, 5.41) is 10.3. The van der Waals surface area contributed by atoms with Crippen molar-refractivity contribution in [1.29, 1.82) is 0 Å². The van der Waals surface area contributed by atoms with Crippen LogP contribution in [0.15, 0.2) is 24.3 Å². The van der Waals surface area contributed by atoms with E-state index in [1.165, 1.54) is 11.1 Å². The molecule has 5 heteroatoms. The minimum atomic E-state index is 0.0653. The van der Waals surface area contributed by atoms with Crippen LogP contribution in [0.3, 0.4) is 0 Å². The van der Waals surface area contributed by atoms with Gasteiger partial charge < -0.3 is 10.2 Å². The summed E-state index contributed by atoms with van der Waals surface area (Å²) in [6, 6.07) is 8.49. The predicted molar refractivity (Wildman–Crippen MR) is 97.0 cm³/mol. The molecule has 0 saturated heterocycles. The van der Waals surface area contributed by atoms with E-state index in [9.17, 15) is 4.79 Å². The predicted octanol–water partition coefficient (Wildman–Crippen LogP) is 2.69. The van der Waals surface area contributed by atoms with E-state index in [4.69, 9.17) is 0 Å². The van der Waals surface area contributed by atoms with E-state index in [0.717, 1.165) is 17.0 Å². The first-order valence-electron chi connectivity index (χ1n) is 8.39. The maximum atomic E-state index is 12.2. The Morgan fingerprint density at radius 1 is 1.25 bits per heavy atom. The van der Waals surface area contributed by atoms with Crippen LogP contribution >= 0.6 is 0 Å². The third-order valence-corrected chi connectivity index (χ3v) is 4.61. The number of benzene rings is 1. The van der Waals surface area contributed by atoms with Crippen LogP contribution in [0.5, 0.6) is 0 Å². The fourth-order valence-electron chi connectivity index (χ4n) is 2.84. The lowest BCUT2D eigenvalue weighted by Crippen LogP contribution is -2.35. The Balaban J connectivity index is 1.91. The van der Waals surface area contributed by atoms with Crippen molar-refractivity contribution in [3.05, 3.63) is 52.3 Å². The van der Waals surface area contributed by atoms with Gasteiger partial charge in [-0.25, -0.2) is 0 Å². The number of aromatic nitrogens is 2. The topological polar surface area (TPSA) is 61.0 Å². The van der Waals surface area contributed by atoms with Crippen molar-refractivity contribution >= 4 is 5.91 Å². The molecule has 1 atom stereocenters. The lowest BCUT2D eigenvalue weighted by atomic mass is 10.0. The van der Waals surface area contributed by atoms with Gasteiger partial charge in [0.25, 0.3) is 0 Å². The Morgan fingerprint density at radius 2 is 1.96 bits per heavy atom. The first kappa shape index (κ1) is 18.2. The van der Waals surface area contributed by atoms with E-state index < -0.39 is 0 Å². The largest absolute Gasteiger partial charge is 0.354 e. The van der Waals surface area contributed by atoms with Crippen LogP contribution in [0, 0.1) is 20.8 Å². The highest BCUT2D eigenvalue weighted by atomic mass is 16.1.